The van der Waals surface area contributed by atoms with E-state index in [2.05, 4.69) is 81.5 Å². The number of esters is 3. The van der Waals surface area contributed by atoms with Crippen LogP contribution in [0.2, 0.25) is 0 Å². The van der Waals surface area contributed by atoms with Gasteiger partial charge in [0.1, 0.15) is 13.2 Å². The molecule has 1 unspecified atom stereocenters. The van der Waals surface area contributed by atoms with Crippen LogP contribution in [0.5, 0.6) is 0 Å². The monoisotopic (exact) mass is 979 g/mol. The van der Waals surface area contributed by atoms with E-state index in [9.17, 15) is 14.4 Å². The Morgan fingerprint density at radius 3 is 0.829 bits per heavy atom. The van der Waals surface area contributed by atoms with Gasteiger partial charge in [0, 0.05) is 19.3 Å². The van der Waals surface area contributed by atoms with Crippen LogP contribution in [0, 0.1) is 0 Å². The highest BCUT2D eigenvalue weighted by molar-refractivity contribution is 5.71. The summed E-state index contributed by atoms with van der Waals surface area (Å²) in [5.74, 6) is -0.897. The van der Waals surface area contributed by atoms with Crippen molar-refractivity contribution in [2.45, 2.75) is 316 Å². The summed E-state index contributed by atoms with van der Waals surface area (Å²) in [7, 11) is 0. The first-order valence-corrected chi connectivity index (χ1v) is 30.3. The van der Waals surface area contributed by atoms with E-state index in [1.54, 1.807) is 0 Å². The molecule has 0 spiro atoms. The third-order valence-corrected chi connectivity index (χ3v) is 13.2. The van der Waals surface area contributed by atoms with Crippen LogP contribution in [0.4, 0.5) is 0 Å². The zero-order chi connectivity index (χ0) is 50.7. The van der Waals surface area contributed by atoms with E-state index in [0.29, 0.717) is 19.3 Å². The molecule has 0 heterocycles. The summed E-state index contributed by atoms with van der Waals surface area (Å²) in [5.41, 5.74) is 0. The summed E-state index contributed by atoms with van der Waals surface area (Å²) in [6.45, 7) is 6.61. The fourth-order valence-electron chi connectivity index (χ4n) is 8.62. The molecule has 6 heteroatoms. The summed E-state index contributed by atoms with van der Waals surface area (Å²) in [6.07, 6.45) is 73.5. The minimum absolute atomic E-state index is 0.0832. The first-order valence-electron chi connectivity index (χ1n) is 30.3. The Morgan fingerprint density at radius 1 is 0.286 bits per heavy atom. The number of carbonyl (C=O) groups is 3. The summed E-state index contributed by atoms with van der Waals surface area (Å²) < 4.78 is 16.9. The fraction of sp³-hybridized carbons (Fsp3) is 0.797. The van der Waals surface area contributed by atoms with Crippen molar-refractivity contribution >= 4 is 17.9 Å². The average molecular weight is 980 g/mol. The molecule has 0 aromatic heterocycles. The van der Waals surface area contributed by atoms with Crippen molar-refractivity contribution in [2.24, 2.45) is 0 Å². The maximum absolute atomic E-state index is 12.9. The van der Waals surface area contributed by atoms with Crippen LogP contribution in [-0.4, -0.2) is 37.2 Å². The second-order valence-corrected chi connectivity index (χ2v) is 20.2. The normalized spacial score (nSPS) is 12.4. The van der Waals surface area contributed by atoms with Crippen LogP contribution in [0.25, 0.3) is 0 Å². The second-order valence-electron chi connectivity index (χ2n) is 20.2. The summed E-state index contributed by atoms with van der Waals surface area (Å²) in [4.78, 5) is 38.2. The van der Waals surface area contributed by atoms with Gasteiger partial charge in [0.05, 0.1) is 0 Å². The van der Waals surface area contributed by atoms with E-state index in [1.807, 2.05) is 0 Å². The molecular formula is C64H114O6. The lowest BCUT2D eigenvalue weighted by Crippen LogP contribution is -2.30. The SMILES string of the molecule is CCCCC/C=C\C/C=C\CCCCCCCC(=O)OCC(COC(=O)CCCCCCCCCCC/C=C\C/C=C\CCCCCCC)OC(=O)CCCCCCC/C=C\CCCCCCCCC. The Morgan fingerprint density at radius 2 is 0.514 bits per heavy atom. The Balaban J connectivity index is 4.37. The van der Waals surface area contributed by atoms with E-state index in [4.69, 9.17) is 14.2 Å². The number of carbonyl (C=O) groups excluding carboxylic acids is 3. The Hall–Kier alpha value is -2.89. The molecule has 0 rings (SSSR count). The molecule has 0 aromatic rings. The van der Waals surface area contributed by atoms with Crippen LogP contribution in [0.3, 0.4) is 0 Å². The van der Waals surface area contributed by atoms with Gasteiger partial charge < -0.3 is 14.2 Å². The van der Waals surface area contributed by atoms with Crippen LogP contribution in [0.15, 0.2) is 60.8 Å². The highest BCUT2D eigenvalue weighted by atomic mass is 16.6. The van der Waals surface area contributed by atoms with Gasteiger partial charge in [-0.3, -0.25) is 14.4 Å². The molecule has 0 N–H and O–H groups in total. The van der Waals surface area contributed by atoms with Crippen molar-refractivity contribution in [1.29, 1.82) is 0 Å². The smallest absolute Gasteiger partial charge is 0.306 e. The molecule has 0 bridgehead atoms. The molecule has 6 nitrogen and oxygen atoms in total. The number of unbranched alkanes of at least 4 members (excludes halogenated alkanes) is 34. The fourth-order valence-corrected chi connectivity index (χ4v) is 8.62. The van der Waals surface area contributed by atoms with Gasteiger partial charge in [0.15, 0.2) is 6.10 Å². The maximum Gasteiger partial charge on any atom is 0.306 e. The molecule has 0 aromatic carbocycles. The Kier molecular flexibility index (Phi) is 56.3. The third kappa shape index (κ3) is 56.0. The van der Waals surface area contributed by atoms with Gasteiger partial charge in [-0.25, -0.2) is 0 Å². The molecule has 0 saturated heterocycles. The standard InChI is InChI=1S/C64H114O6/c1-4-7-10-13-16-19-22-25-28-30-31-32-33-34-37-39-42-45-48-51-54-57-63(66)69-60-61(59-68-62(65)56-53-50-47-44-41-38-35-27-24-21-18-15-12-9-6-3)70-64(67)58-55-52-49-46-43-40-36-29-26-23-20-17-14-11-8-5-2/h18,21-22,25,27,29-31,35-36,61H,4-17,19-20,23-24,26,28,32-34,37-60H2,1-3H3/b21-18-,25-22-,31-30-,35-27-,36-29-. The number of ether oxygens (including phenoxy) is 3. The molecule has 70 heavy (non-hydrogen) atoms. The van der Waals surface area contributed by atoms with Gasteiger partial charge in [0.2, 0.25) is 0 Å². The van der Waals surface area contributed by atoms with Gasteiger partial charge in [-0.15, -0.1) is 0 Å². The van der Waals surface area contributed by atoms with E-state index < -0.39 is 6.10 Å². The maximum atomic E-state index is 12.9. The second kappa shape index (κ2) is 58.7. The van der Waals surface area contributed by atoms with Crippen LogP contribution in [0.1, 0.15) is 310 Å². The number of hydrogen-bond acceptors (Lipinski definition) is 6. The molecular weight excluding hydrogens is 865 g/mol. The predicted octanol–water partition coefficient (Wildman–Crippen LogP) is 20.4. The topological polar surface area (TPSA) is 78.9 Å². The highest BCUT2D eigenvalue weighted by Gasteiger charge is 2.19. The van der Waals surface area contributed by atoms with Crippen molar-refractivity contribution in [3.63, 3.8) is 0 Å². The lowest BCUT2D eigenvalue weighted by atomic mass is 10.1. The largest absolute Gasteiger partial charge is 0.462 e. The minimum atomic E-state index is -0.786. The Bertz CT molecular complexity index is 1260. The van der Waals surface area contributed by atoms with Crippen molar-refractivity contribution in [1.82, 2.24) is 0 Å². The van der Waals surface area contributed by atoms with Crippen LogP contribution < -0.4 is 0 Å². The molecule has 0 aliphatic heterocycles. The van der Waals surface area contributed by atoms with Crippen LogP contribution in [-0.2, 0) is 28.6 Å². The molecule has 0 fully saturated rings. The van der Waals surface area contributed by atoms with Gasteiger partial charge in [-0.05, 0) is 109 Å². The summed E-state index contributed by atoms with van der Waals surface area (Å²) in [5, 5.41) is 0. The molecule has 0 saturated carbocycles. The number of hydrogen-bond donors (Lipinski definition) is 0. The molecule has 0 aliphatic rings. The summed E-state index contributed by atoms with van der Waals surface area (Å²) in [6, 6.07) is 0. The molecule has 0 aliphatic carbocycles. The number of allylic oxidation sites excluding steroid dienone is 10. The minimum Gasteiger partial charge on any atom is -0.462 e. The van der Waals surface area contributed by atoms with E-state index in [-0.39, 0.29) is 31.1 Å². The van der Waals surface area contributed by atoms with Gasteiger partial charge in [-0.1, -0.05) is 242 Å². The van der Waals surface area contributed by atoms with Crippen molar-refractivity contribution < 1.29 is 28.6 Å². The zero-order valence-electron chi connectivity index (χ0n) is 46.5. The van der Waals surface area contributed by atoms with Crippen molar-refractivity contribution in [3.8, 4) is 0 Å². The number of rotatable bonds is 55. The third-order valence-electron chi connectivity index (χ3n) is 13.2. The van der Waals surface area contributed by atoms with Gasteiger partial charge in [-0.2, -0.15) is 0 Å². The van der Waals surface area contributed by atoms with Gasteiger partial charge >= 0.3 is 17.9 Å². The zero-order valence-corrected chi connectivity index (χ0v) is 46.5. The van der Waals surface area contributed by atoms with Crippen molar-refractivity contribution in [3.05, 3.63) is 60.8 Å². The van der Waals surface area contributed by atoms with Gasteiger partial charge in [0.25, 0.3) is 0 Å². The predicted molar refractivity (Wildman–Crippen MR) is 302 cm³/mol. The van der Waals surface area contributed by atoms with E-state index in [1.165, 1.54) is 173 Å². The molecule has 1 atom stereocenters. The lowest BCUT2D eigenvalue weighted by molar-refractivity contribution is -0.167. The van der Waals surface area contributed by atoms with E-state index >= 15 is 0 Å². The van der Waals surface area contributed by atoms with E-state index in [0.717, 1.165) is 96.3 Å². The average Bonchev–Trinajstić information content (AvgIpc) is 3.36. The molecule has 0 amide bonds. The molecule has 0 radical (unpaired) electrons. The Labute approximate surface area is 434 Å². The lowest BCUT2D eigenvalue weighted by Gasteiger charge is -2.18. The first kappa shape index (κ1) is 67.1. The summed E-state index contributed by atoms with van der Waals surface area (Å²) >= 11 is 0. The molecule has 406 valence electrons. The first-order chi connectivity index (χ1) is 34.5. The van der Waals surface area contributed by atoms with Crippen LogP contribution >= 0.6 is 0 Å². The van der Waals surface area contributed by atoms with Crippen molar-refractivity contribution in [2.75, 3.05) is 13.2 Å². The highest BCUT2D eigenvalue weighted by Crippen LogP contribution is 2.15. The quantitative estimate of drug-likeness (QED) is 0.0261.